The van der Waals surface area contributed by atoms with Gasteiger partial charge >= 0.3 is 12.1 Å². The quantitative estimate of drug-likeness (QED) is 0.339. The Morgan fingerprint density at radius 2 is 1.70 bits per heavy atom. The number of alkyl halides is 3. The van der Waals surface area contributed by atoms with Crippen molar-refractivity contribution in [2.45, 2.75) is 25.2 Å². The van der Waals surface area contributed by atoms with Crippen molar-refractivity contribution in [3.63, 3.8) is 0 Å². The molecule has 6 N–H and O–H groups in total. The largest absolute Gasteiger partial charge is 0.490 e. The van der Waals surface area contributed by atoms with Gasteiger partial charge < -0.3 is 26.8 Å². The molecule has 1 heterocycles. The number of nitrogens with one attached hydrogen (secondary N) is 3. The summed E-state index contributed by atoms with van der Waals surface area (Å²) in [6.45, 7) is 1.24. The van der Waals surface area contributed by atoms with Crippen molar-refractivity contribution in [3.05, 3.63) is 95.1 Å². The Labute approximate surface area is 210 Å². The first-order valence-electron chi connectivity index (χ1n) is 11.2. The maximum atomic E-state index is 13.1. The van der Waals surface area contributed by atoms with Crippen LogP contribution >= 0.6 is 0 Å². The summed E-state index contributed by atoms with van der Waals surface area (Å²) in [4.78, 5) is 34.9. The number of amides is 2. The Balaban J connectivity index is 0.000000479. The number of anilines is 2. The SMILES string of the molecule is NCc1cccc(C(=O)NC(C(=O)Nc2ccc3c(c2)CCN3)c2ccccc2)c1.O=C(O)C(F)(F)F. The molecule has 37 heavy (non-hydrogen) atoms. The van der Waals surface area contributed by atoms with Crippen LogP contribution in [0.3, 0.4) is 0 Å². The van der Waals surface area contributed by atoms with Crippen LogP contribution in [0.5, 0.6) is 0 Å². The van der Waals surface area contributed by atoms with E-state index in [1.54, 1.807) is 18.2 Å². The number of carbonyl (C=O) groups excluding carboxylic acids is 2. The molecule has 0 aliphatic carbocycles. The van der Waals surface area contributed by atoms with Crippen molar-refractivity contribution < 1.29 is 32.7 Å². The minimum atomic E-state index is -5.08. The monoisotopic (exact) mass is 514 g/mol. The highest BCUT2D eigenvalue weighted by molar-refractivity contribution is 6.01. The first kappa shape index (κ1) is 27.2. The average molecular weight is 515 g/mol. The standard InChI is InChI=1S/C24H24N4O2.C2HF3O2/c25-15-16-5-4-8-19(13-16)23(29)28-22(17-6-2-1-3-7-17)24(30)27-20-9-10-21-18(14-20)11-12-26-21;3-2(4,5)1(6)7/h1-10,13-14,22,26H,11-12,15,25H2,(H,27,30)(H,28,29);(H,6,7). The lowest BCUT2D eigenvalue weighted by Gasteiger charge is -2.19. The second kappa shape index (κ2) is 12.0. The number of nitrogens with two attached hydrogens (primary N) is 1. The number of hydrogen-bond donors (Lipinski definition) is 5. The molecular weight excluding hydrogens is 489 g/mol. The van der Waals surface area contributed by atoms with E-state index in [0.29, 0.717) is 23.4 Å². The number of hydrogen-bond acceptors (Lipinski definition) is 5. The summed E-state index contributed by atoms with van der Waals surface area (Å²) in [5, 5.41) is 16.2. The van der Waals surface area contributed by atoms with Gasteiger partial charge in [0.2, 0.25) is 0 Å². The van der Waals surface area contributed by atoms with E-state index in [-0.39, 0.29) is 11.8 Å². The van der Waals surface area contributed by atoms with Crippen LogP contribution in [0.15, 0.2) is 72.8 Å². The van der Waals surface area contributed by atoms with Gasteiger partial charge in [0, 0.05) is 30.0 Å². The maximum absolute atomic E-state index is 13.1. The average Bonchev–Trinajstić information content (AvgIpc) is 3.35. The highest BCUT2D eigenvalue weighted by Crippen LogP contribution is 2.26. The summed E-state index contributed by atoms with van der Waals surface area (Å²) in [7, 11) is 0. The molecule has 3 aromatic carbocycles. The molecule has 0 fully saturated rings. The zero-order valence-corrected chi connectivity index (χ0v) is 19.5. The molecule has 1 atom stereocenters. The van der Waals surface area contributed by atoms with Crippen LogP contribution in [0.1, 0.15) is 33.1 Å². The molecule has 1 unspecified atom stereocenters. The van der Waals surface area contributed by atoms with E-state index in [1.165, 1.54) is 5.56 Å². The molecule has 3 aromatic rings. The van der Waals surface area contributed by atoms with Gasteiger partial charge in [0.1, 0.15) is 6.04 Å². The Hall–Kier alpha value is -4.38. The molecular formula is C26H25F3N4O4. The van der Waals surface area contributed by atoms with Crippen molar-refractivity contribution in [3.8, 4) is 0 Å². The van der Waals surface area contributed by atoms with E-state index >= 15 is 0 Å². The van der Waals surface area contributed by atoms with Crippen molar-refractivity contribution in [2.75, 3.05) is 17.2 Å². The summed E-state index contributed by atoms with van der Waals surface area (Å²) in [5.41, 5.74) is 10.7. The van der Waals surface area contributed by atoms with Crippen LogP contribution in [0, 0.1) is 0 Å². The number of aliphatic carboxylic acids is 1. The van der Waals surface area contributed by atoms with Crippen LogP contribution in [-0.2, 0) is 22.6 Å². The van der Waals surface area contributed by atoms with E-state index in [9.17, 15) is 22.8 Å². The molecule has 0 radical (unpaired) electrons. The molecule has 2 amide bonds. The van der Waals surface area contributed by atoms with E-state index in [2.05, 4.69) is 16.0 Å². The van der Waals surface area contributed by atoms with Gasteiger partial charge in [-0.15, -0.1) is 0 Å². The molecule has 0 bridgehead atoms. The Bertz CT molecular complexity index is 1270. The van der Waals surface area contributed by atoms with Gasteiger partial charge in [0.25, 0.3) is 11.8 Å². The number of halogens is 3. The third-order valence-electron chi connectivity index (χ3n) is 5.42. The zero-order chi connectivity index (χ0) is 27.0. The molecule has 194 valence electrons. The number of fused-ring (bicyclic) bond motifs is 1. The molecule has 0 saturated carbocycles. The van der Waals surface area contributed by atoms with Crippen LogP contribution in [-0.4, -0.2) is 35.6 Å². The van der Waals surface area contributed by atoms with Crippen molar-refractivity contribution in [1.29, 1.82) is 0 Å². The van der Waals surface area contributed by atoms with E-state index in [0.717, 1.165) is 24.2 Å². The molecule has 0 aromatic heterocycles. The van der Waals surface area contributed by atoms with Crippen LogP contribution < -0.4 is 21.7 Å². The fourth-order valence-electron chi connectivity index (χ4n) is 3.60. The zero-order valence-electron chi connectivity index (χ0n) is 19.5. The van der Waals surface area contributed by atoms with Crippen LogP contribution in [0.25, 0.3) is 0 Å². The lowest BCUT2D eigenvalue weighted by Crippen LogP contribution is -2.37. The highest BCUT2D eigenvalue weighted by atomic mass is 19.4. The molecule has 0 spiro atoms. The normalized spacial score (nSPS) is 12.8. The summed E-state index contributed by atoms with van der Waals surface area (Å²) >= 11 is 0. The summed E-state index contributed by atoms with van der Waals surface area (Å²) in [6.07, 6.45) is -4.16. The van der Waals surface area contributed by atoms with Gasteiger partial charge in [-0.25, -0.2) is 4.79 Å². The Morgan fingerprint density at radius 1 is 1.00 bits per heavy atom. The molecule has 11 heteroatoms. The first-order valence-corrected chi connectivity index (χ1v) is 11.2. The molecule has 0 saturated heterocycles. The topological polar surface area (TPSA) is 134 Å². The van der Waals surface area contributed by atoms with Crippen molar-refractivity contribution in [1.82, 2.24) is 5.32 Å². The molecule has 8 nitrogen and oxygen atoms in total. The van der Waals surface area contributed by atoms with E-state index < -0.39 is 18.2 Å². The lowest BCUT2D eigenvalue weighted by molar-refractivity contribution is -0.192. The first-order chi connectivity index (χ1) is 17.6. The van der Waals surface area contributed by atoms with Crippen LogP contribution in [0.2, 0.25) is 0 Å². The third kappa shape index (κ3) is 7.55. The van der Waals surface area contributed by atoms with Crippen molar-refractivity contribution in [2.24, 2.45) is 5.73 Å². The van der Waals surface area contributed by atoms with E-state index in [4.69, 9.17) is 15.6 Å². The number of carboxylic acid groups (broad SMARTS) is 1. The lowest BCUT2D eigenvalue weighted by atomic mass is 10.0. The van der Waals surface area contributed by atoms with Gasteiger partial charge in [-0.3, -0.25) is 9.59 Å². The minimum absolute atomic E-state index is 0.296. The summed E-state index contributed by atoms with van der Waals surface area (Å²) in [6, 6.07) is 21.3. The number of carbonyl (C=O) groups is 3. The predicted octanol–water partition coefficient (Wildman–Crippen LogP) is 3.86. The van der Waals surface area contributed by atoms with Gasteiger partial charge in [-0.2, -0.15) is 13.2 Å². The number of benzene rings is 3. The van der Waals surface area contributed by atoms with Crippen LogP contribution in [0.4, 0.5) is 24.5 Å². The van der Waals surface area contributed by atoms with Crippen molar-refractivity contribution >= 4 is 29.2 Å². The third-order valence-corrected chi connectivity index (χ3v) is 5.42. The Kier molecular flexibility index (Phi) is 8.86. The predicted molar refractivity (Wildman–Crippen MR) is 132 cm³/mol. The summed E-state index contributed by atoms with van der Waals surface area (Å²) < 4.78 is 31.7. The number of rotatable bonds is 6. The van der Waals surface area contributed by atoms with Gasteiger partial charge in [-0.1, -0.05) is 42.5 Å². The highest BCUT2D eigenvalue weighted by Gasteiger charge is 2.38. The minimum Gasteiger partial charge on any atom is -0.475 e. The fourth-order valence-corrected chi connectivity index (χ4v) is 3.60. The smallest absolute Gasteiger partial charge is 0.475 e. The molecule has 4 rings (SSSR count). The van der Waals surface area contributed by atoms with Gasteiger partial charge in [0.15, 0.2) is 0 Å². The second-order valence-electron chi connectivity index (χ2n) is 8.06. The Morgan fingerprint density at radius 3 is 2.35 bits per heavy atom. The molecule has 1 aliphatic rings. The van der Waals surface area contributed by atoms with Gasteiger partial charge in [-0.05, 0) is 53.4 Å². The van der Waals surface area contributed by atoms with Gasteiger partial charge in [0.05, 0.1) is 0 Å². The van der Waals surface area contributed by atoms with E-state index in [1.807, 2.05) is 54.6 Å². The fraction of sp³-hybridized carbons (Fsp3) is 0.192. The second-order valence-corrected chi connectivity index (χ2v) is 8.06. The number of carboxylic acids is 1. The summed E-state index contributed by atoms with van der Waals surface area (Å²) in [5.74, 6) is -3.38. The maximum Gasteiger partial charge on any atom is 0.490 e. The molecule has 1 aliphatic heterocycles.